The highest BCUT2D eigenvalue weighted by atomic mass is 16.5. The van der Waals surface area contributed by atoms with Crippen LogP contribution in [0.2, 0.25) is 0 Å². The van der Waals surface area contributed by atoms with E-state index in [0.29, 0.717) is 24.9 Å². The number of esters is 1. The molecule has 0 aromatic carbocycles. The van der Waals surface area contributed by atoms with Crippen LogP contribution in [0.1, 0.15) is 39.0 Å². The fraction of sp³-hybridized carbons (Fsp3) is 0.471. The summed E-state index contributed by atoms with van der Waals surface area (Å²) in [5.41, 5.74) is 5.37. The van der Waals surface area contributed by atoms with Crippen LogP contribution in [0.5, 0.6) is 0 Å². The lowest BCUT2D eigenvalue weighted by atomic mass is 9.66. The number of ether oxygens (including phenoxy) is 1. The summed E-state index contributed by atoms with van der Waals surface area (Å²) in [7, 11) is -1.41. The molecule has 4 nitrogen and oxygen atoms in total. The summed E-state index contributed by atoms with van der Waals surface area (Å²) in [4.78, 5) is 12.3. The van der Waals surface area contributed by atoms with Crippen molar-refractivity contribution in [3.8, 4) is 0 Å². The van der Waals surface area contributed by atoms with Crippen molar-refractivity contribution in [1.82, 2.24) is 0 Å². The van der Waals surface area contributed by atoms with E-state index in [2.05, 4.69) is 12.2 Å². The van der Waals surface area contributed by atoms with Crippen LogP contribution in [0, 0.1) is 5.92 Å². The molecule has 0 saturated heterocycles. The molecule has 0 saturated carbocycles. The van der Waals surface area contributed by atoms with E-state index in [9.17, 15) is 14.8 Å². The summed E-state index contributed by atoms with van der Waals surface area (Å²) in [5.74, 6) is -0.449. The van der Waals surface area contributed by atoms with Gasteiger partial charge in [0.15, 0.2) is 0 Å². The maximum atomic E-state index is 12.3. The van der Waals surface area contributed by atoms with Gasteiger partial charge in [0.05, 0.1) is 12.5 Å². The first kappa shape index (κ1) is 15.3. The van der Waals surface area contributed by atoms with Crippen molar-refractivity contribution in [2.45, 2.75) is 39.0 Å². The second kappa shape index (κ2) is 6.27. The largest absolute Gasteiger partial charge is 0.484 e. The number of fused-ring (bicyclic) bond motifs is 1. The van der Waals surface area contributed by atoms with Crippen molar-refractivity contribution in [2.75, 3.05) is 6.61 Å². The molecule has 0 aromatic rings. The molecule has 0 aromatic heterocycles. The predicted octanol–water partition coefficient (Wildman–Crippen LogP) is 2.24. The lowest BCUT2D eigenvalue weighted by Crippen LogP contribution is -2.27. The maximum Gasteiger partial charge on any atom is 0.484 e. The van der Waals surface area contributed by atoms with Crippen LogP contribution < -0.4 is 0 Å². The second-order valence-corrected chi connectivity index (χ2v) is 5.98. The summed E-state index contributed by atoms with van der Waals surface area (Å²) in [6.45, 7) is 2.20. The molecular formula is C17H21BO4. The first-order valence-corrected chi connectivity index (χ1v) is 7.97. The van der Waals surface area contributed by atoms with Crippen molar-refractivity contribution < 1.29 is 19.6 Å². The third kappa shape index (κ3) is 2.71. The molecule has 0 spiro atoms. The van der Waals surface area contributed by atoms with E-state index in [1.165, 1.54) is 11.1 Å². The summed E-state index contributed by atoms with van der Waals surface area (Å²) >= 11 is 0. The molecule has 3 rings (SSSR count). The fourth-order valence-corrected chi connectivity index (χ4v) is 3.66. The number of rotatable bonds is 3. The molecular weight excluding hydrogens is 279 g/mol. The molecule has 116 valence electrons. The lowest BCUT2D eigenvalue weighted by molar-refractivity contribution is -0.146. The van der Waals surface area contributed by atoms with Gasteiger partial charge in [-0.2, -0.15) is 0 Å². The molecule has 0 fully saturated rings. The molecule has 0 aliphatic heterocycles. The first-order valence-electron chi connectivity index (χ1n) is 7.97. The lowest BCUT2D eigenvalue weighted by Gasteiger charge is -2.33. The minimum Gasteiger partial charge on any atom is -0.466 e. The van der Waals surface area contributed by atoms with Crippen LogP contribution in [0.15, 0.2) is 46.0 Å². The quantitative estimate of drug-likeness (QED) is 0.619. The summed E-state index contributed by atoms with van der Waals surface area (Å²) in [6, 6.07) is 0. The molecule has 1 unspecified atom stereocenters. The summed E-state index contributed by atoms with van der Waals surface area (Å²) in [6.07, 6.45) is 10.1. The number of carbonyl (C=O) groups excluding carboxylic acids is 1. The number of allylic oxidation sites excluding steroid dienone is 7. The van der Waals surface area contributed by atoms with E-state index >= 15 is 0 Å². The Hall–Kier alpha value is -1.59. The molecule has 3 aliphatic carbocycles. The molecule has 5 heteroatoms. The molecule has 0 radical (unpaired) electrons. The Morgan fingerprint density at radius 1 is 1.32 bits per heavy atom. The van der Waals surface area contributed by atoms with Gasteiger partial charge in [-0.05, 0) is 66.8 Å². The van der Waals surface area contributed by atoms with Gasteiger partial charge in [0.1, 0.15) is 0 Å². The van der Waals surface area contributed by atoms with Crippen LogP contribution in [-0.4, -0.2) is 29.7 Å². The molecule has 0 bridgehead atoms. The molecule has 0 amide bonds. The summed E-state index contributed by atoms with van der Waals surface area (Å²) < 4.78 is 5.24. The van der Waals surface area contributed by atoms with Crippen LogP contribution in [0.25, 0.3) is 0 Å². The second-order valence-electron chi connectivity index (χ2n) is 5.98. The van der Waals surface area contributed by atoms with Gasteiger partial charge in [-0.25, -0.2) is 0 Å². The molecule has 1 atom stereocenters. The Balaban J connectivity index is 2.00. The number of carbonyl (C=O) groups is 1. The third-order valence-corrected chi connectivity index (χ3v) is 4.68. The standard InChI is InChI=1S/C17H21BO4/c1-2-22-17(19)16-10-11-9-12(18(20)21)7-8-13(11)14-5-3-4-6-15(14)16/h4,6,9,16,20-21H,2-3,5,7-8,10H2,1H3. The van der Waals surface area contributed by atoms with Gasteiger partial charge < -0.3 is 14.8 Å². The third-order valence-electron chi connectivity index (χ3n) is 4.68. The molecule has 0 heterocycles. The van der Waals surface area contributed by atoms with Crippen molar-refractivity contribution in [1.29, 1.82) is 0 Å². The average molecular weight is 300 g/mol. The van der Waals surface area contributed by atoms with Crippen LogP contribution in [0.4, 0.5) is 0 Å². The topological polar surface area (TPSA) is 66.8 Å². The van der Waals surface area contributed by atoms with E-state index in [1.54, 1.807) is 0 Å². The molecule has 2 N–H and O–H groups in total. The van der Waals surface area contributed by atoms with E-state index in [0.717, 1.165) is 30.4 Å². The Kier molecular flexibility index (Phi) is 4.36. The zero-order valence-electron chi connectivity index (χ0n) is 12.8. The minimum absolute atomic E-state index is 0.182. The van der Waals surface area contributed by atoms with E-state index in [4.69, 9.17) is 4.74 Å². The Bertz CT molecular complexity index is 610. The van der Waals surface area contributed by atoms with Crippen molar-refractivity contribution in [2.24, 2.45) is 5.92 Å². The first-order chi connectivity index (χ1) is 10.6. The van der Waals surface area contributed by atoms with Gasteiger partial charge in [-0.3, -0.25) is 4.79 Å². The average Bonchev–Trinajstić information content (AvgIpc) is 2.53. The van der Waals surface area contributed by atoms with Crippen molar-refractivity contribution >= 4 is 13.1 Å². The molecule has 22 heavy (non-hydrogen) atoms. The highest BCUT2D eigenvalue weighted by Gasteiger charge is 2.35. The Labute approximate surface area is 131 Å². The zero-order valence-corrected chi connectivity index (χ0v) is 12.8. The van der Waals surface area contributed by atoms with Gasteiger partial charge in [-0.1, -0.05) is 18.2 Å². The highest BCUT2D eigenvalue weighted by molar-refractivity contribution is 6.50. The van der Waals surface area contributed by atoms with Crippen LogP contribution in [-0.2, 0) is 9.53 Å². The van der Waals surface area contributed by atoms with Crippen LogP contribution in [0.3, 0.4) is 0 Å². The highest BCUT2D eigenvalue weighted by Crippen LogP contribution is 2.44. The fourth-order valence-electron chi connectivity index (χ4n) is 3.66. The van der Waals surface area contributed by atoms with E-state index < -0.39 is 7.12 Å². The van der Waals surface area contributed by atoms with Gasteiger partial charge in [0.2, 0.25) is 0 Å². The zero-order chi connectivity index (χ0) is 15.7. The van der Waals surface area contributed by atoms with Gasteiger partial charge in [0, 0.05) is 0 Å². The van der Waals surface area contributed by atoms with Crippen LogP contribution >= 0.6 is 0 Å². The van der Waals surface area contributed by atoms with Gasteiger partial charge in [-0.15, -0.1) is 0 Å². The predicted molar refractivity (Wildman–Crippen MR) is 84.7 cm³/mol. The molecule has 3 aliphatic rings. The number of hydrogen-bond donors (Lipinski definition) is 2. The smallest absolute Gasteiger partial charge is 0.466 e. The summed E-state index contributed by atoms with van der Waals surface area (Å²) in [5, 5.41) is 18.8. The maximum absolute atomic E-state index is 12.3. The van der Waals surface area contributed by atoms with Gasteiger partial charge >= 0.3 is 13.1 Å². The Morgan fingerprint density at radius 3 is 2.86 bits per heavy atom. The van der Waals surface area contributed by atoms with Gasteiger partial charge in [0.25, 0.3) is 0 Å². The van der Waals surface area contributed by atoms with Crippen molar-refractivity contribution in [3.05, 3.63) is 46.0 Å². The number of hydrogen-bond acceptors (Lipinski definition) is 4. The van der Waals surface area contributed by atoms with Crippen molar-refractivity contribution in [3.63, 3.8) is 0 Å². The SMILES string of the molecule is CCOC(=O)C1CC2=C(CCC(B(O)O)=C2)C2=C1C=CCC2. The van der Waals surface area contributed by atoms with E-state index in [1.807, 2.05) is 13.0 Å². The monoisotopic (exact) mass is 300 g/mol. The normalized spacial score (nSPS) is 23.8. The minimum atomic E-state index is -1.41. The van der Waals surface area contributed by atoms with E-state index in [-0.39, 0.29) is 11.9 Å². The Morgan fingerprint density at radius 2 is 2.14 bits per heavy atom.